The predicted molar refractivity (Wildman–Crippen MR) is 115 cm³/mol. The summed E-state index contributed by atoms with van der Waals surface area (Å²) in [6.45, 7) is 6.64. The third kappa shape index (κ3) is 5.29. The van der Waals surface area contributed by atoms with Gasteiger partial charge >= 0.3 is 0 Å². The molecule has 25 heavy (non-hydrogen) atoms. The third-order valence-electron chi connectivity index (χ3n) is 4.09. The number of rotatable bonds is 5. The fraction of sp³-hybridized carbons (Fsp3) is 0.500. The summed E-state index contributed by atoms with van der Waals surface area (Å²) in [5.41, 5.74) is 1.28. The number of benzene rings is 1. The Balaban J connectivity index is 0.00000225. The highest BCUT2D eigenvalue weighted by molar-refractivity contribution is 14.0. The van der Waals surface area contributed by atoms with Gasteiger partial charge in [-0.15, -0.1) is 35.3 Å². The van der Waals surface area contributed by atoms with Crippen molar-refractivity contribution in [3.05, 3.63) is 35.2 Å². The van der Waals surface area contributed by atoms with Gasteiger partial charge in [0.25, 0.3) is 0 Å². The highest BCUT2D eigenvalue weighted by Gasteiger charge is 2.22. The number of halogens is 1. The van der Waals surface area contributed by atoms with Crippen LogP contribution in [0.15, 0.2) is 34.6 Å². The minimum absolute atomic E-state index is 0. The van der Waals surface area contributed by atoms with Gasteiger partial charge < -0.3 is 19.7 Å². The van der Waals surface area contributed by atoms with Gasteiger partial charge in [-0.05, 0) is 29.3 Å². The molecule has 1 fully saturated rings. The van der Waals surface area contributed by atoms with Gasteiger partial charge in [0.1, 0.15) is 0 Å². The monoisotopic (exact) mass is 475 g/mol. The summed E-state index contributed by atoms with van der Waals surface area (Å²) in [5.74, 6) is 0.956. The Bertz CT molecular complexity index is 690. The van der Waals surface area contributed by atoms with Gasteiger partial charge in [-0.1, -0.05) is 18.2 Å². The van der Waals surface area contributed by atoms with E-state index in [1.54, 1.807) is 18.4 Å². The van der Waals surface area contributed by atoms with Crippen molar-refractivity contribution in [1.82, 2.24) is 10.2 Å². The van der Waals surface area contributed by atoms with E-state index in [2.05, 4.69) is 46.8 Å². The molecule has 1 saturated heterocycles. The molecule has 0 amide bonds. The van der Waals surface area contributed by atoms with Gasteiger partial charge in [-0.2, -0.15) is 0 Å². The lowest BCUT2D eigenvalue weighted by Crippen LogP contribution is -2.51. The maximum Gasteiger partial charge on any atom is 0.194 e. The molecule has 1 aromatic heterocycles. The first-order valence-electron chi connectivity index (χ1n) is 8.40. The summed E-state index contributed by atoms with van der Waals surface area (Å²) >= 11 is 1.78. The van der Waals surface area contributed by atoms with Crippen LogP contribution in [0.5, 0.6) is 0 Å². The van der Waals surface area contributed by atoms with Gasteiger partial charge in [0.15, 0.2) is 5.96 Å². The molecular weight excluding hydrogens is 449 g/mol. The third-order valence-corrected chi connectivity index (χ3v) is 5.10. The molecule has 1 aromatic carbocycles. The van der Waals surface area contributed by atoms with Crippen LogP contribution < -0.4 is 5.32 Å². The van der Waals surface area contributed by atoms with E-state index in [4.69, 9.17) is 14.5 Å². The van der Waals surface area contributed by atoms with E-state index < -0.39 is 0 Å². The van der Waals surface area contributed by atoms with E-state index in [1.165, 1.54) is 15.6 Å². The van der Waals surface area contributed by atoms with Crippen LogP contribution in [-0.4, -0.2) is 56.9 Å². The van der Waals surface area contributed by atoms with Crippen LogP contribution >= 0.6 is 35.3 Å². The number of ether oxygens (including phenoxy) is 2. The van der Waals surface area contributed by atoms with Crippen LogP contribution in [0.4, 0.5) is 0 Å². The molecule has 1 aliphatic rings. The Kier molecular flexibility index (Phi) is 8.41. The van der Waals surface area contributed by atoms with Crippen LogP contribution in [0.2, 0.25) is 0 Å². The lowest BCUT2D eigenvalue weighted by molar-refractivity contribution is -0.0447. The summed E-state index contributed by atoms with van der Waals surface area (Å²) in [4.78, 5) is 7.14. The topological polar surface area (TPSA) is 46.1 Å². The van der Waals surface area contributed by atoms with E-state index >= 15 is 0 Å². The van der Waals surface area contributed by atoms with Crippen molar-refractivity contribution in [3.8, 4) is 0 Å². The second kappa shape index (κ2) is 10.3. The molecule has 0 aliphatic carbocycles. The summed E-state index contributed by atoms with van der Waals surface area (Å²) < 4.78 is 12.3. The van der Waals surface area contributed by atoms with Crippen molar-refractivity contribution < 1.29 is 9.47 Å². The average molecular weight is 475 g/mol. The minimum atomic E-state index is 0. The fourth-order valence-electron chi connectivity index (χ4n) is 2.94. The molecule has 1 unspecified atom stereocenters. The number of hydrogen-bond donors (Lipinski definition) is 1. The molecule has 2 heterocycles. The number of aliphatic imine (C=N–C) groups is 1. The van der Waals surface area contributed by atoms with E-state index in [9.17, 15) is 0 Å². The molecule has 0 spiro atoms. The van der Waals surface area contributed by atoms with Gasteiger partial charge in [-0.25, -0.2) is 4.99 Å². The first-order chi connectivity index (χ1) is 11.8. The van der Waals surface area contributed by atoms with E-state index in [1.807, 2.05) is 0 Å². The summed E-state index contributed by atoms with van der Waals surface area (Å²) in [5, 5.41) is 6.93. The van der Waals surface area contributed by atoms with Crippen molar-refractivity contribution >= 4 is 51.4 Å². The summed E-state index contributed by atoms with van der Waals surface area (Å²) in [6, 6.07) is 8.51. The maximum atomic E-state index is 5.74. The zero-order chi connectivity index (χ0) is 16.8. The van der Waals surface area contributed by atoms with Crippen LogP contribution in [0.25, 0.3) is 10.1 Å². The fourth-order valence-corrected chi connectivity index (χ4v) is 3.89. The molecular formula is C18H26IN3O2S. The molecule has 3 rings (SSSR count). The molecule has 138 valence electrons. The number of fused-ring (bicyclic) bond motifs is 1. The minimum Gasteiger partial charge on any atom is -0.382 e. The van der Waals surface area contributed by atoms with E-state index in [0.717, 1.165) is 25.6 Å². The molecule has 1 N–H and O–H groups in total. The number of morpholine rings is 1. The molecule has 0 saturated carbocycles. The highest BCUT2D eigenvalue weighted by Crippen LogP contribution is 2.26. The molecule has 0 bridgehead atoms. The largest absolute Gasteiger partial charge is 0.382 e. The van der Waals surface area contributed by atoms with Gasteiger partial charge in [-0.3, -0.25) is 0 Å². The maximum absolute atomic E-state index is 5.74. The Labute approximate surface area is 170 Å². The lowest BCUT2D eigenvalue weighted by atomic mass is 10.2. The van der Waals surface area contributed by atoms with Crippen LogP contribution in [0, 0.1) is 0 Å². The molecule has 7 heteroatoms. The van der Waals surface area contributed by atoms with Crippen LogP contribution in [0.1, 0.15) is 12.5 Å². The number of nitrogens with zero attached hydrogens (tertiary/aromatic N) is 2. The molecule has 2 aromatic rings. The van der Waals surface area contributed by atoms with Crippen molar-refractivity contribution in [2.45, 2.75) is 19.6 Å². The number of thiophene rings is 1. The number of methoxy groups -OCH3 is 1. The molecule has 1 atom stereocenters. The molecule has 0 radical (unpaired) electrons. The average Bonchev–Trinajstić information content (AvgIpc) is 3.02. The Hall–Kier alpha value is -0.900. The Morgan fingerprint density at radius 1 is 1.44 bits per heavy atom. The Morgan fingerprint density at radius 2 is 2.28 bits per heavy atom. The van der Waals surface area contributed by atoms with E-state index in [-0.39, 0.29) is 30.1 Å². The van der Waals surface area contributed by atoms with Gasteiger partial charge in [0.2, 0.25) is 0 Å². The second-order valence-electron chi connectivity index (χ2n) is 5.82. The smallest absolute Gasteiger partial charge is 0.194 e. The Morgan fingerprint density at radius 3 is 3.08 bits per heavy atom. The standard InChI is InChI=1S/C18H25N3O2S.HI/c1-3-19-18(21-8-9-23-15(11-21)12-22-2)20-10-14-13-24-17-7-5-4-6-16(14)17;/h4-7,13,15H,3,8-12H2,1-2H3,(H,19,20);1H. The van der Waals surface area contributed by atoms with Crippen molar-refractivity contribution in [2.75, 3.05) is 40.0 Å². The summed E-state index contributed by atoms with van der Waals surface area (Å²) in [7, 11) is 1.71. The van der Waals surface area contributed by atoms with Crippen LogP contribution in [0.3, 0.4) is 0 Å². The predicted octanol–water partition coefficient (Wildman–Crippen LogP) is 3.33. The van der Waals surface area contributed by atoms with Gasteiger partial charge in [0.05, 0.1) is 25.9 Å². The SMILES string of the molecule is CCNC(=NCc1csc2ccccc12)N1CCOC(COC)C1.I. The number of nitrogens with one attached hydrogen (secondary N) is 1. The first kappa shape index (κ1) is 20.4. The van der Waals surface area contributed by atoms with Crippen molar-refractivity contribution in [1.29, 1.82) is 0 Å². The highest BCUT2D eigenvalue weighted by atomic mass is 127. The lowest BCUT2D eigenvalue weighted by Gasteiger charge is -2.34. The number of hydrogen-bond acceptors (Lipinski definition) is 4. The zero-order valence-corrected chi connectivity index (χ0v) is 17.9. The molecule has 1 aliphatic heterocycles. The quantitative estimate of drug-likeness (QED) is 0.410. The summed E-state index contributed by atoms with van der Waals surface area (Å²) in [6.07, 6.45) is 0.106. The second-order valence-corrected chi connectivity index (χ2v) is 6.73. The van der Waals surface area contributed by atoms with Gasteiger partial charge in [0, 0.05) is 31.4 Å². The van der Waals surface area contributed by atoms with Crippen LogP contribution in [-0.2, 0) is 16.0 Å². The normalized spacial score (nSPS) is 18.2. The number of guanidine groups is 1. The van der Waals surface area contributed by atoms with Crippen molar-refractivity contribution in [3.63, 3.8) is 0 Å². The van der Waals surface area contributed by atoms with Crippen molar-refractivity contribution in [2.24, 2.45) is 4.99 Å². The zero-order valence-electron chi connectivity index (χ0n) is 14.7. The molecule has 5 nitrogen and oxygen atoms in total. The first-order valence-corrected chi connectivity index (χ1v) is 9.28. The van der Waals surface area contributed by atoms with E-state index in [0.29, 0.717) is 19.8 Å².